The minimum Gasteiger partial charge on any atom is -0.507 e. The number of methoxy groups -OCH3 is 1. The van der Waals surface area contributed by atoms with Crippen LogP contribution in [0.3, 0.4) is 0 Å². The molecule has 3 heterocycles. The van der Waals surface area contributed by atoms with E-state index < -0.39 is 17.7 Å². The molecule has 1 aromatic carbocycles. The van der Waals surface area contributed by atoms with E-state index >= 15 is 0 Å². The number of benzene rings is 1. The fourth-order valence-electron chi connectivity index (χ4n) is 3.86. The Hall–Kier alpha value is -3.19. The molecule has 29 heavy (non-hydrogen) atoms. The summed E-state index contributed by atoms with van der Waals surface area (Å²) in [5, 5.41) is 11.1. The van der Waals surface area contributed by atoms with Gasteiger partial charge in [0.1, 0.15) is 11.5 Å². The van der Waals surface area contributed by atoms with Gasteiger partial charge < -0.3 is 19.5 Å². The second kappa shape index (κ2) is 8.05. The van der Waals surface area contributed by atoms with Crippen molar-refractivity contribution in [1.29, 1.82) is 0 Å². The Balaban J connectivity index is 1.79. The van der Waals surface area contributed by atoms with E-state index in [4.69, 9.17) is 9.47 Å². The zero-order valence-electron chi connectivity index (χ0n) is 16.1. The minimum atomic E-state index is -0.690. The molecule has 1 atom stereocenters. The number of hydrogen-bond donors (Lipinski definition) is 1. The number of amides is 1. The Labute approximate surface area is 168 Å². The van der Waals surface area contributed by atoms with Crippen LogP contribution < -0.4 is 4.74 Å². The molecule has 0 aliphatic carbocycles. The van der Waals surface area contributed by atoms with Crippen LogP contribution in [0.15, 0.2) is 48.3 Å². The molecule has 0 saturated carbocycles. The third kappa shape index (κ3) is 3.49. The number of aliphatic hydroxyl groups excluding tert-OH is 1. The zero-order chi connectivity index (χ0) is 20.4. The van der Waals surface area contributed by atoms with Gasteiger partial charge >= 0.3 is 0 Å². The van der Waals surface area contributed by atoms with Crippen LogP contribution in [-0.2, 0) is 20.7 Å². The van der Waals surface area contributed by atoms with Crippen LogP contribution in [-0.4, -0.2) is 53.5 Å². The molecule has 1 amide bonds. The molecule has 2 aliphatic rings. The van der Waals surface area contributed by atoms with Gasteiger partial charge in [-0.3, -0.25) is 14.6 Å². The first-order valence-corrected chi connectivity index (χ1v) is 9.55. The van der Waals surface area contributed by atoms with E-state index in [1.165, 1.54) is 4.90 Å². The lowest BCUT2D eigenvalue weighted by molar-refractivity contribution is -0.140. The minimum absolute atomic E-state index is 0.0827. The van der Waals surface area contributed by atoms with Gasteiger partial charge in [0.15, 0.2) is 0 Å². The summed E-state index contributed by atoms with van der Waals surface area (Å²) in [5.41, 5.74) is 2.23. The molecular weight excluding hydrogens is 372 g/mol. The van der Waals surface area contributed by atoms with E-state index in [1.807, 2.05) is 6.07 Å². The molecule has 1 aromatic heterocycles. The first-order valence-electron chi connectivity index (χ1n) is 9.55. The lowest BCUT2D eigenvalue weighted by atomic mass is 9.95. The Bertz CT molecular complexity index is 970. The normalized spacial score (nSPS) is 20.0. The monoisotopic (exact) mass is 394 g/mol. The van der Waals surface area contributed by atoms with Gasteiger partial charge in [0.2, 0.25) is 0 Å². The zero-order valence-corrected chi connectivity index (χ0v) is 16.1. The summed E-state index contributed by atoms with van der Waals surface area (Å²) in [6, 6.07) is 8.16. The molecule has 150 valence electrons. The van der Waals surface area contributed by atoms with Crippen molar-refractivity contribution in [2.75, 3.05) is 26.9 Å². The summed E-state index contributed by atoms with van der Waals surface area (Å²) in [7, 11) is 1.59. The van der Waals surface area contributed by atoms with E-state index in [1.54, 1.807) is 43.8 Å². The maximum absolute atomic E-state index is 12.9. The molecule has 1 fully saturated rings. The number of carbonyl (C=O) groups excluding carboxylic acids is 2. The van der Waals surface area contributed by atoms with Crippen molar-refractivity contribution in [1.82, 2.24) is 9.88 Å². The number of ether oxygens (including phenoxy) is 2. The van der Waals surface area contributed by atoms with Crippen LogP contribution >= 0.6 is 0 Å². The topological polar surface area (TPSA) is 89.0 Å². The predicted octanol–water partition coefficient (Wildman–Crippen LogP) is 2.47. The highest BCUT2D eigenvalue weighted by Crippen LogP contribution is 2.40. The molecule has 1 unspecified atom stereocenters. The highest BCUT2D eigenvalue weighted by Gasteiger charge is 2.45. The van der Waals surface area contributed by atoms with Crippen LogP contribution in [0.2, 0.25) is 0 Å². The molecule has 7 nitrogen and oxygen atoms in total. The lowest BCUT2D eigenvalue weighted by Gasteiger charge is -2.25. The van der Waals surface area contributed by atoms with Crippen molar-refractivity contribution in [3.8, 4) is 5.75 Å². The first-order chi connectivity index (χ1) is 14.1. The largest absolute Gasteiger partial charge is 0.507 e. The average Bonchev–Trinajstić information content (AvgIpc) is 3.31. The third-order valence-corrected chi connectivity index (χ3v) is 5.25. The number of hydrogen-bond acceptors (Lipinski definition) is 6. The van der Waals surface area contributed by atoms with Crippen molar-refractivity contribution in [3.63, 3.8) is 0 Å². The molecule has 1 saturated heterocycles. The van der Waals surface area contributed by atoms with Gasteiger partial charge in [-0.25, -0.2) is 0 Å². The first kappa shape index (κ1) is 19.1. The van der Waals surface area contributed by atoms with Gasteiger partial charge in [-0.2, -0.15) is 0 Å². The van der Waals surface area contributed by atoms with Crippen molar-refractivity contribution < 1.29 is 24.2 Å². The number of rotatable bonds is 6. The standard InChI is InChI=1S/C22H22N2O5/c1-28-10-3-9-24-19(16-4-2-8-23-13-16)18(21(26)22(24)27)20(25)15-5-6-17-14(12-15)7-11-29-17/h2,4-6,8,12-13,19,25H,3,7,9-11H2,1H3/b20-18-. The number of pyridine rings is 1. The second-order valence-electron chi connectivity index (χ2n) is 7.05. The van der Waals surface area contributed by atoms with Crippen LogP contribution in [0.1, 0.15) is 29.2 Å². The molecule has 7 heteroatoms. The Kier molecular flexibility index (Phi) is 5.31. The Morgan fingerprint density at radius 2 is 2.21 bits per heavy atom. The smallest absolute Gasteiger partial charge is 0.295 e. The van der Waals surface area contributed by atoms with Gasteiger partial charge in [0.25, 0.3) is 11.7 Å². The molecule has 0 bridgehead atoms. The number of aromatic nitrogens is 1. The quantitative estimate of drug-likeness (QED) is 0.350. The van der Waals surface area contributed by atoms with Crippen LogP contribution in [0.25, 0.3) is 5.76 Å². The van der Waals surface area contributed by atoms with Gasteiger partial charge in [-0.1, -0.05) is 6.07 Å². The van der Waals surface area contributed by atoms with E-state index in [0.717, 1.165) is 17.7 Å². The Morgan fingerprint density at radius 3 is 2.97 bits per heavy atom. The van der Waals surface area contributed by atoms with E-state index in [2.05, 4.69) is 4.98 Å². The molecule has 1 N–H and O–H groups in total. The molecular formula is C22H22N2O5. The van der Waals surface area contributed by atoms with Crippen LogP contribution in [0.5, 0.6) is 5.75 Å². The van der Waals surface area contributed by atoms with E-state index in [9.17, 15) is 14.7 Å². The molecule has 4 rings (SSSR count). The summed E-state index contributed by atoms with van der Waals surface area (Å²) < 4.78 is 10.6. The van der Waals surface area contributed by atoms with Crippen molar-refractivity contribution in [3.05, 3.63) is 65.0 Å². The number of likely N-dealkylation sites (tertiary alicyclic amines) is 1. The number of ketones is 1. The number of aliphatic hydroxyl groups is 1. The van der Waals surface area contributed by atoms with Gasteiger partial charge in [-0.15, -0.1) is 0 Å². The van der Waals surface area contributed by atoms with Gasteiger partial charge in [0.05, 0.1) is 18.2 Å². The van der Waals surface area contributed by atoms with Gasteiger partial charge in [-0.05, 0) is 41.8 Å². The fourth-order valence-corrected chi connectivity index (χ4v) is 3.86. The van der Waals surface area contributed by atoms with Crippen molar-refractivity contribution in [2.45, 2.75) is 18.9 Å². The summed E-state index contributed by atoms with van der Waals surface area (Å²) in [4.78, 5) is 31.3. The SMILES string of the molecule is COCCCN1C(=O)C(=O)/C(=C(\O)c2ccc3c(c2)CCO3)C1c1cccnc1. The predicted molar refractivity (Wildman–Crippen MR) is 105 cm³/mol. The molecule has 0 spiro atoms. The summed E-state index contributed by atoms with van der Waals surface area (Å²) in [6.45, 7) is 1.40. The average molecular weight is 394 g/mol. The summed E-state index contributed by atoms with van der Waals surface area (Å²) in [5.74, 6) is -0.710. The summed E-state index contributed by atoms with van der Waals surface area (Å²) in [6.07, 6.45) is 4.56. The van der Waals surface area contributed by atoms with Crippen LogP contribution in [0, 0.1) is 0 Å². The number of Topliss-reactive ketones (excluding diaryl/α,β-unsaturated/α-hetero) is 1. The number of carbonyl (C=O) groups is 2. The maximum Gasteiger partial charge on any atom is 0.295 e. The molecule has 0 radical (unpaired) electrons. The third-order valence-electron chi connectivity index (χ3n) is 5.25. The van der Waals surface area contributed by atoms with Crippen molar-refractivity contribution >= 4 is 17.4 Å². The Morgan fingerprint density at radius 1 is 1.34 bits per heavy atom. The molecule has 2 aromatic rings. The number of fused-ring (bicyclic) bond motifs is 1. The summed E-state index contributed by atoms with van der Waals surface area (Å²) >= 11 is 0. The highest BCUT2D eigenvalue weighted by molar-refractivity contribution is 6.46. The maximum atomic E-state index is 12.9. The van der Waals surface area contributed by atoms with E-state index in [0.29, 0.717) is 37.3 Å². The second-order valence-corrected chi connectivity index (χ2v) is 7.05. The number of nitrogens with zero attached hydrogens (tertiary/aromatic N) is 2. The van der Waals surface area contributed by atoms with E-state index in [-0.39, 0.29) is 11.3 Å². The van der Waals surface area contributed by atoms with Gasteiger partial charge in [0, 0.05) is 44.6 Å². The fraction of sp³-hybridized carbons (Fsp3) is 0.318. The molecule has 2 aliphatic heterocycles. The van der Waals surface area contributed by atoms with Crippen molar-refractivity contribution in [2.24, 2.45) is 0 Å². The lowest BCUT2D eigenvalue weighted by Crippen LogP contribution is -2.31. The van der Waals surface area contributed by atoms with Crippen LogP contribution in [0.4, 0.5) is 0 Å². The highest BCUT2D eigenvalue weighted by atomic mass is 16.5.